The minimum absolute atomic E-state index is 0.114. The number of hydrogen-bond donors (Lipinski definition) is 3. The molecule has 0 spiro atoms. The van der Waals surface area contributed by atoms with Crippen LogP contribution in [0.3, 0.4) is 0 Å². The Morgan fingerprint density at radius 2 is 1.92 bits per heavy atom. The van der Waals surface area contributed by atoms with E-state index in [0.717, 1.165) is 0 Å². The number of rotatable bonds is 6. The molecular weight excluding hydrogens is 304 g/mol. The predicted molar refractivity (Wildman–Crippen MR) is 93.5 cm³/mol. The van der Waals surface area contributed by atoms with E-state index in [1.54, 1.807) is 43.3 Å². The number of phenols is 2. The number of carbonyl (C=O) groups is 1. The van der Waals surface area contributed by atoms with Gasteiger partial charge >= 0.3 is 0 Å². The number of amides is 1. The average Bonchev–Trinajstić information content (AvgIpc) is 2.59. The van der Waals surface area contributed by atoms with Gasteiger partial charge in [-0.15, -0.1) is 0 Å². The molecule has 2 aromatic rings. The average molecular weight is 324 g/mol. The molecule has 0 aliphatic heterocycles. The largest absolute Gasteiger partial charge is 0.507 e. The van der Waals surface area contributed by atoms with Crippen LogP contribution >= 0.6 is 0 Å². The molecule has 24 heavy (non-hydrogen) atoms. The molecule has 0 aliphatic carbocycles. The van der Waals surface area contributed by atoms with Crippen molar-refractivity contribution >= 4 is 22.8 Å². The fourth-order valence-electron chi connectivity index (χ4n) is 2.51. The minimum atomic E-state index is -0.114. The second kappa shape index (κ2) is 8.02. The van der Waals surface area contributed by atoms with Crippen molar-refractivity contribution in [1.29, 1.82) is 5.26 Å². The van der Waals surface area contributed by atoms with Gasteiger partial charge in [0.2, 0.25) is 5.91 Å². The molecule has 0 fully saturated rings. The first-order valence-electron chi connectivity index (χ1n) is 7.79. The van der Waals surface area contributed by atoms with Crippen molar-refractivity contribution in [3.8, 4) is 17.6 Å². The number of carbonyl (C=O) groups excluding carboxylic acids is 1. The highest BCUT2D eigenvalue weighted by atomic mass is 16.3. The van der Waals surface area contributed by atoms with Gasteiger partial charge in [-0.2, -0.15) is 5.26 Å². The molecular formula is C19H20N2O3. The Hall–Kier alpha value is -3.00. The summed E-state index contributed by atoms with van der Waals surface area (Å²) in [5.41, 5.74) is 1.15. The van der Waals surface area contributed by atoms with Crippen molar-refractivity contribution in [2.75, 3.05) is 6.54 Å². The van der Waals surface area contributed by atoms with Gasteiger partial charge in [0, 0.05) is 34.9 Å². The van der Waals surface area contributed by atoms with E-state index in [1.165, 1.54) is 0 Å². The summed E-state index contributed by atoms with van der Waals surface area (Å²) in [7, 11) is 0. The Morgan fingerprint density at radius 3 is 2.58 bits per heavy atom. The minimum Gasteiger partial charge on any atom is -0.507 e. The molecule has 0 bridgehead atoms. The van der Waals surface area contributed by atoms with Gasteiger partial charge in [0.15, 0.2) is 0 Å². The molecule has 0 heterocycles. The normalized spacial score (nSPS) is 10.8. The molecule has 0 saturated carbocycles. The van der Waals surface area contributed by atoms with E-state index in [0.29, 0.717) is 47.7 Å². The summed E-state index contributed by atoms with van der Waals surface area (Å²) < 4.78 is 0. The van der Waals surface area contributed by atoms with Crippen LogP contribution in [-0.4, -0.2) is 22.7 Å². The van der Waals surface area contributed by atoms with Gasteiger partial charge in [-0.3, -0.25) is 4.79 Å². The molecule has 0 aliphatic rings. The highest BCUT2D eigenvalue weighted by Gasteiger charge is 2.13. The highest BCUT2D eigenvalue weighted by Crippen LogP contribution is 2.39. The van der Waals surface area contributed by atoms with E-state index in [9.17, 15) is 15.0 Å². The van der Waals surface area contributed by atoms with Crippen LogP contribution in [0.4, 0.5) is 0 Å². The number of nitrogens with one attached hydrogen (secondary N) is 1. The van der Waals surface area contributed by atoms with Gasteiger partial charge < -0.3 is 15.5 Å². The summed E-state index contributed by atoms with van der Waals surface area (Å²) in [6, 6.07) is 9.09. The molecule has 5 nitrogen and oxygen atoms in total. The molecule has 1 amide bonds. The molecule has 0 unspecified atom stereocenters. The van der Waals surface area contributed by atoms with Gasteiger partial charge in [0.1, 0.15) is 11.5 Å². The maximum Gasteiger partial charge on any atom is 0.220 e. The van der Waals surface area contributed by atoms with E-state index in [4.69, 9.17) is 5.26 Å². The Morgan fingerprint density at radius 1 is 1.25 bits per heavy atom. The second-order valence-corrected chi connectivity index (χ2v) is 5.48. The van der Waals surface area contributed by atoms with Gasteiger partial charge in [-0.25, -0.2) is 0 Å². The number of allylic oxidation sites excluding steroid dienone is 1. The van der Waals surface area contributed by atoms with E-state index >= 15 is 0 Å². The van der Waals surface area contributed by atoms with Gasteiger partial charge in [-0.1, -0.05) is 36.4 Å². The lowest BCUT2D eigenvalue weighted by atomic mass is 9.98. The monoisotopic (exact) mass is 324 g/mol. The number of nitriles is 1. The lowest BCUT2D eigenvalue weighted by Gasteiger charge is -2.11. The molecule has 0 aromatic heterocycles. The van der Waals surface area contributed by atoms with E-state index < -0.39 is 0 Å². The summed E-state index contributed by atoms with van der Waals surface area (Å²) >= 11 is 0. The number of benzene rings is 2. The van der Waals surface area contributed by atoms with Crippen LogP contribution in [0, 0.1) is 18.3 Å². The van der Waals surface area contributed by atoms with Crippen LogP contribution in [0.15, 0.2) is 30.3 Å². The maximum absolute atomic E-state index is 11.5. The molecule has 124 valence electrons. The van der Waals surface area contributed by atoms with Crippen molar-refractivity contribution in [3.63, 3.8) is 0 Å². The van der Waals surface area contributed by atoms with Gasteiger partial charge in [0.05, 0.1) is 12.5 Å². The van der Waals surface area contributed by atoms with Crippen molar-refractivity contribution in [3.05, 3.63) is 41.5 Å². The van der Waals surface area contributed by atoms with Crippen molar-refractivity contribution in [1.82, 2.24) is 5.32 Å². The standard InChI is InChI=1S/C19H20N2O3/c1-13-14(7-4-5-10-17(22)21-12-6-11-20)19(24)16-9-3-2-8-15(16)18(13)23/h2-4,7-9,23-24H,5-6,10,12H2,1H3,(H,21,22)/b7-4+. The first-order valence-corrected chi connectivity index (χ1v) is 7.79. The summed E-state index contributed by atoms with van der Waals surface area (Å²) in [6.45, 7) is 2.10. The molecule has 0 saturated heterocycles. The van der Waals surface area contributed by atoms with Gasteiger partial charge in [-0.05, 0) is 13.3 Å². The Bertz CT molecular complexity index is 819. The van der Waals surface area contributed by atoms with E-state index in [2.05, 4.69) is 5.32 Å². The first kappa shape index (κ1) is 17.4. The summed E-state index contributed by atoms with van der Waals surface area (Å²) in [5.74, 6) is 0.158. The third-order valence-corrected chi connectivity index (χ3v) is 3.83. The predicted octanol–water partition coefficient (Wildman–Crippen LogP) is 3.38. The number of aromatic hydroxyl groups is 2. The topological polar surface area (TPSA) is 93.4 Å². The zero-order valence-electron chi connectivity index (χ0n) is 13.5. The number of hydrogen-bond acceptors (Lipinski definition) is 4. The Balaban J connectivity index is 2.10. The van der Waals surface area contributed by atoms with Crippen molar-refractivity contribution in [2.24, 2.45) is 0 Å². The zero-order chi connectivity index (χ0) is 17.5. The van der Waals surface area contributed by atoms with E-state index in [1.807, 2.05) is 6.07 Å². The maximum atomic E-state index is 11.5. The highest BCUT2D eigenvalue weighted by molar-refractivity contribution is 5.97. The lowest BCUT2D eigenvalue weighted by Crippen LogP contribution is -2.23. The van der Waals surface area contributed by atoms with Crippen molar-refractivity contribution in [2.45, 2.75) is 26.2 Å². The Kier molecular flexibility index (Phi) is 5.80. The molecule has 0 radical (unpaired) electrons. The summed E-state index contributed by atoms with van der Waals surface area (Å²) in [6.07, 6.45) is 4.62. The molecule has 3 N–H and O–H groups in total. The molecule has 2 rings (SSSR count). The fourth-order valence-corrected chi connectivity index (χ4v) is 2.51. The quantitative estimate of drug-likeness (QED) is 0.561. The smallest absolute Gasteiger partial charge is 0.220 e. The van der Waals surface area contributed by atoms with E-state index in [-0.39, 0.29) is 17.4 Å². The van der Waals surface area contributed by atoms with Crippen LogP contribution in [0.2, 0.25) is 0 Å². The van der Waals surface area contributed by atoms with Crippen LogP contribution in [0.25, 0.3) is 16.8 Å². The Labute approximate surface area is 140 Å². The fraction of sp³-hybridized carbons (Fsp3) is 0.263. The summed E-state index contributed by atoms with van der Waals surface area (Å²) in [5, 5.41) is 33.0. The number of phenolic OH excluding ortho intramolecular Hbond substituents is 2. The van der Waals surface area contributed by atoms with Crippen LogP contribution in [-0.2, 0) is 4.79 Å². The molecule has 2 aromatic carbocycles. The number of nitrogens with zero attached hydrogens (tertiary/aromatic N) is 1. The lowest BCUT2D eigenvalue weighted by molar-refractivity contribution is -0.120. The SMILES string of the molecule is Cc1c(/C=C/CCC(=O)NCCC#N)c(O)c2ccccc2c1O. The second-order valence-electron chi connectivity index (χ2n) is 5.48. The third kappa shape index (κ3) is 3.85. The van der Waals surface area contributed by atoms with Gasteiger partial charge in [0.25, 0.3) is 0 Å². The molecule has 0 atom stereocenters. The third-order valence-electron chi connectivity index (χ3n) is 3.83. The summed E-state index contributed by atoms with van der Waals surface area (Å²) in [4.78, 5) is 11.5. The van der Waals surface area contributed by atoms with Crippen molar-refractivity contribution < 1.29 is 15.0 Å². The van der Waals surface area contributed by atoms with Crippen LogP contribution in [0.1, 0.15) is 30.4 Å². The molecule has 5 heteroatoms. The van der Waals surface area contributed by atoms with Crippen LogP contribution < -0.4 is 5.32 Å². The number of fused-ring (bicyclic) bond motifs is 1. The zero-order valence-corrected chi connectivity index (χ0v) is 13.5. The van der Waals surface area contributed by atoms with Crippen LogP contribution in [0.5, 0.6) is 11.5 Å². The first-order chi connectivity index (χ1) is 11.6.